The van der Waals surface area contributed by atoms with E-state index in [0.717, 1.165) is 0 Å². The zero-order valence-electron chi connectivity index (χ0n) is 12.8. The summed E-state index contributed by atoms with van der Waals surface area (Å²) < 4.78 is 26.7. The molecule has 0 spiro atoms. The van der Waals surface area contributed by atoms with Gasteiger partial charge in [-0.1, -0.05) is 12.1 Å². The maximum atomic E-state index is 13.7. The Labute approximate surface area is 138 Å². The maximum absolute atomic E-state index is 13.7. The summed E-state index contributed by atoms with van der Waals surface area (Å²) in [5.41, 5.74) is 0.408. The van der Waals surface area contributed by atoms with E-state index in [4.69, 9.17) is 0 Å². The van der Waals surface area contributed by atoms with Crippen molar-refractivity contribution in [3.05, 3.63) is 65.7 Å². The number of anilines is 1. The first-order valence-corrected chi connectivity index (χ1v) is 7.68. The fraction of sp³-hybridized carbons (Fsp3) is 0.222. The van der Waals surface area contributed by atoms with Crippen LogP contribution in [0.1, 0.15) is 23.2 Å². The van der Waals surface area contributed by atoms with E-state index in [2.05, 4.69) is 5.32 Å². The lowest BCUT2D eigenvalue weighted by atomic mass is 10.1. The Hall–Kier alpha value is -2.76. The molecule has 4 nitrogen and oxygen atoms in total. The molecule has 2 aromatic rings. The third kappa shape index (κ3) is 3.27. The third-order valence-electron chi connectivity index (χ3n) is 4.04. The van der Waals surface area contributed by atoms with Gasteiger partial charge in [-0.25, -0.2) is 8.78 Å². The summed E-state index contributed by atoms with van der Waals surface area (Å²) in [7, 11) is 0. The number of nitrogens with one attached hydrogen (secondary N) is 1. The van der Waals surface area contributed by atoms with Crippen molar-refractivity contribution in [3.63, 3.8) is 0 Å². The highest BCUT2D eigenvalue weighted by Crippen LogP contribution is 2.22. The molecule has 2 amide bonds. The first-order chi connectivity index (χ1) is 11.6. The highest BCUT2D eigenvalue weighted by Gasteiger charge is 2.34. The lowest BCUT2D eigenvalue weighted by Gasteiger charge is -2.24. The van der Waals surface area contributed by atoms with Crippen LogP contribution in [0.15, 0.2) is 48.5 Å². The first kappa shape index (κ1) is 16.1. The van der Waals surface area contributed by atoms with Gasteiger partial charge in [-0.05, 0) is 49.2 Å². The molecule has 6 heteroatoms. The molecule has 1 fully saturated rings. The van der Waals surface area contributed by atoms with Crippen LogP contribution in [0.3, 0.4) is 0 Å². The van der Waals surface area contributed by atoms with E-state index in [1.807, 2.05) is 0 Å². The van der Waals surface area contributed by atoms with E-state index in [0.29, 0.717) is 24.9 Å². The molecule has 3 rings (SSSR count). The number of carbonyl (C=O) groups excluding carboxylic acids is 2. The fourth-order valence-electron chi connectivity index (χ4n) is 2.82. The molecule has 124 valence electrons. The number of para-hydroxylation sites is 1. The number of carbonyl (C=O) groups is 2. The minimum Gasteiger partial charge on any atom is -0.327 e. The molecule has 0 bridgehead atoms. The average Bonchev–Trinajstić information content (AvgIpc) is 3.07. The highest BCUT2D eigenvalue weighted by molar-refractivity contribution is 6.01. The average molecular weight is 330 g/mol. The first-order valence-electron chi connectivity index (χ1n) is 7.68. The van der Waals surface area contributed by atoms with Crippen LogP contribution in [-0.4, -0.2) is 29.3 Å². The molecule has 0 radical (unpaired) electrons. The van der Waals surface area contributed by atoms with Crippen molar-refractivity contribution >= 4 is 17.5 Å². The summed E-state index contributed by atoms with van der Waals surface area (Å²) in [5.74, 6) is -1.71. The fourth-order valence-corrected chi connectivity index (χ4v) is 2.82. The van der Waals surface area contributed by atoms with Gasteiger partial charge in [0, 0.05) is 12.1 Å². The van der Waals surface area contributed by atoms with Crippen molar-refractivity contribution in [2.45, 2.75) is 18.9 Å². The molecular formula is C18H16F2N2O2. The predicted molar refractivity (Wildman–Crippen MR) is 85.5 cm³/mol. The van der Waals surface area contributed by atoms with E-state index in [9.17, 15) is 18.4 Å². The molecule has 24 heavy (non-hydrogen) atoms. The van der Waals surface area contributed by atoms with Gasteiger partial charge in [0.1, 0.15) is 17.7 Å². The molecule has 0 saturated carbocycles. The van der Waals surface area contributed by atoms with E-state index < -0.39 is 23.6 Å². The standard InChI is InChI=1S/C18H16F2N2O2/c19-13-9-7-12(8-10-13)18(24)22-11-3-6-16(22)17(23)21-15-5-2-1-4-14(15)20/h1-2,4-5,7-10,16H,3,6,11H2,(H,21,23)/t16-/m0/s1. The second kappa shape index (κ2) is 6.78. The molecule has 1 atom stereocenters. The van der Waals surface area contributed by atoms with Gasteiger partial charge in [-0.3, -0.25) is 9.59 Å². The third-order valence-corrected chi connectivity index (χ3v) is 4.04. The van der Waals surface area contributed by atoms with Crippen LogP contribution in [0.4, 0.5) is 14.5 Å². The lowest BCUT2D eigenvalue weighted by Crippen LogP contribution is -2.43. The second-order valence-electron chi connectivity index (χ2n) is 5.63. The molecule has 0 aromatic heterocycles. The van der Waals surface area contributed by atoms with E-state index in [-0.39, 0.29) is 11.6 Å². The van der Waals surface area contributed by atoms with Gasteiger partial charge in [0.2, 0.25) is 5.91 Å². The minimum absolute atomic E-state index is 0.0866. The van der Waals surface area contributed by atoms with E-state index in [1.54, 1.807) is 6.07 Å². The van der Waals surface area contributed by atoms with Crippen LogP contribution in [0, 0.1) is 11.6 Å². The van der Waals surface area contributed by atoms with Gasteiger partial charge in [0.15, 0.2) is 0 Å². The lowest BCUT2D eigenvalue weighted by molar-refractivity contribution is -0.119. The second-order valence-corrected chi connectivity index (χ2v) is 5.63. The van der Waals surface area contributed by atoms with Crippen molar-refractivity contribution in [3.8, 4) is 0 Å². The van der Waals surface area contributed by atoms with Gasteiger partial charge in [-0.15, -0.1) is 0 Å². The summed E-state index contributed by atoms with van der Waals surface area (Å²) in [6.07, 6.45) is 1.19. The smallest absolute Gasteiger partial charge is 0.254 e. The van der Waals surface area contributed by atoms with Crippen LogP contribution >= 0.6 is 0 Å². The van der Waals surface area contributed by atoms with Gasteiger partial charge in [0.25, 0.3) is 5.91 Å². The molecule has 0 unspecified atom stereocenters. The molecule has 1 heterocycles. The molecular weight excluding hydrogens is 314 g/mol. The van der Waals surface area contributed by atoms with Crippen molar-refractivity contribution < 1.29 is 18.4 Å². The quantitative estimate of drug-likeness (QED) is 0.939. The van der Waals surface area contributed by atoms with Crippen LogP contribution in [0.25, 0.3) is 0 Å². The predicted octanol–water partition coefficient (Wildman–Crippen LogP) is 3.21. The Kier molecular flexibility index (Phi) is 4.55. The van der Waals surface area contributed by atoms with Crippen LogP contribution in [0.5, 0.6) is 0 Å². The Morgan fingerprint density at radius 3 is 2.46 bits per heavy atom. The van der Waals surface area contributed by atoms with Gasteiger partial charge in [0.05, 0.1) is 5.69 Å². The molecule has 1 aliphatic heterocycles. The van der Waals surface area contributed by atoms with Crippen LogP contribution in [-0.2, 0) is 4.79 Å². The van der Waals surface area contributed by atoms with Crippen LogP contribution in [0.2, 0.25) is 0 Å². The topological polar surface area (TPSA) is 49.4 Å². The van der Waals surface area contributed by atoms with Crippen molar-refractivity contribution in [1.29, 1.82) is 0 Å². The zero-order chi connectivity index (χ0) is 17.1. The number of halogens is 2. The summed E-state index contributed by atoms with van der Waals surface area (Å²) in [5, 5.41) is 2.53. The van der Waals surface area contributed by atoms with Gasteiger partial charge >= 0.3 is 0 Å². The normalized spacial score (nSPS) is 16.9. The molecule has 1 saturated heterocycles. The van der Waals surface area contributed by atoms with Gasteiger partial charge in [-0.2, -0.15) is 0 Å². The number of benzene rings is 2. The largest absolute Gasteiger partial charge is 0.327 e. The van der Waals surface area contributed by atoms with E-state index >= 15 is 0 Å². The highest BCUT2D eigenvalue weighted by atomic mass is 19.1. The van der Waals surface area contributed by atoms with Crippen molar-refractivity contribution in [1.82, 2.24) is 4.90 Å². The van der Waals surface area contributed by atoms with Gasteiger partial charge < -0.3 is 10.2 Å². The SMILES string of the molecule is O=C(Nc1ccccc1F)[C@@H]1CCCN1C(=O)c1ccc(F)cc1. The Morgan fingerprint density at radius 1 is 1.04 bits per heavy atom. The maximum Gasteiger partial charge on any atom is 0.254 e. The van der Waals surface area contributed by atoms with Crippen molar-refractivity contribution in [2.24, 2.45) is 0 Å². The Bertz CT molecular complexity index is 762. The monoisotopic (exact) mass is 330 g/mol. The molecule has 1 aliphatic rings. The molecule has 1 N–H and O–H groups in total. The number of nitrogens with zero attached hydrogens (tertiary/aromatic N) is 1. The number of hydrogen-bond acceptors (Lipinski definition) is 2. The Morgan fingerprint density at radius 2 is 1.75 bits per heavy atom. The van der Waals surface area contributed by atoms with Crippen LogP contribution < -0.4 is 5.32 Å². The van der Waals surface area contributed by atoms with Crippen molar-refractivity contribution in [2.75, 3.05) is 11.9 Å². The molecule has 2 aromatic carbocycles. The Balaban J connectivity index is 1.75. The summed E-state index contributed by atoms with van der Waals surface area (Å²) in [6.45, 7) is 0.436. The number of hydrogen-bond donors (Lipinski definition) is 1. The zero-order valence-corrected chi connectivity index (χ0v) is 12.8. The van der Waals surface area contributed by atoms with E-state index in [1.165, 1.54) is 47.4 Å². The number of likely N-dealkylation sites (tertiary alicyclic amines) is 1. The summed E-state index contributed by atoms with van der Waals surface area (Å²) in [4.78, 5) is 26.4. The number of amides is 2. The minimum atomic E-state index is -0.665. The molecule has 0 aliphatic carbocycles. The summed E-state index contributed by atoms with van der Waals surface area (Å²) >= 11 is 0. The summed E-state index contributed by atoms with van der Waals surface area (Å²) in [6, 6.07) is 10.4. The number of rotatable bonds is 3.